The first-order valence-electron chi connectivity index (χ1n) is 7.46. The van der Waals surface area contributed by atoms with Gasteiger partial charge in [-0.15, -0.1) is 0 Å². The van der Waals surface area contributed by atoms with Crippen molar-refractivity contribution in [3.05, 3.63) is 65.9 Å². The predicted octanol–water partition coefficient (Wildman–Crippen LogP) is 3.03. The van der Waals surface area contributed by atoms with Gasteiger partial charge in [-0.1, -0.05) is 6.07 Å². The SMILES string of the molecule is CN(CCc1ccncc1)C(=O)c1cc2c(F)cccc2n1C. The molecule has 23 heavy (non-hydrogen) atoms. The molecule has 0 atom stereocenters. The fraction of sp³-hybridized carbons (Fsp3) is 0.222. The Hall–Kier alpha value is -2.69. The van der Waals surface area contributed by atoms with Crippen molar-refractivity contribution in [2.45, 2.75) is 6.42 Å². The van der Waals surface area contributed by atoms with Gasteiger partial charge >= 0.3 is 0 Å². The number of pyridine rings is 1. The van der Waals surface area contributed by atoms with E-state index in [-0.39, 0.29) is 11.7 Å². The number of rotatable bonds is 4. The lowest BCUT2D eigenvalue weighted by molar-refractivity contribution is 0.0787. The van der Waals surface area contributed by atoms with Crippen LogP contribution in [0.2, 0.25) is 0 Å². The topological polar surface area (TPSA) is 38.1 Å². The average molecular weight is 311 g/mol. The molecule has 3 aromatic rings. The summed E-state index contributed by atoms with van der Waals surface area (Å²) in [6, 6.07) is 10.4. The maximum Gasteiger partial charge on any atom is 0.270 e. The Morgan fingerprint density at radius 1 is 1.26 bits per heavy atom. The molecule has 2 heterocycles. The van der Waals surface area contributed by atoms with E-state index in [1.165, 1.54) is 6.07 Å². The standard InChI is InChI=1S/C18H18FN3O/c1-21(11-8-13-6-9-20-10-7-13)18(23)17-12-14-15(19)4-3-5-16(14)22(17)2/h3-7,9-10,12H,8,11H2,1-2H3. The largest absolute Gasteiger partial charge is 0.340 e. The lowest BCUT2D eigenvalue weighted by Gasteiger charge is -2.17. The van der Waals surface area contributed by atoms with E-state index in [0.29, 0.717) is 17.6 Å². The van der Waals surface area contributed by atoms with Gasteiger partial charge in [0.1, 0.15) is 11.5 Å². The Kier molecular flexibility index (Phi) is 4.10. The van der Waals surface area contributed by atoms with Crippen molar-refractivity contribution in [3.63, 3.8) is 0 Å². The molecule has 0 spiro atoms. The molecule has 3 rings (SSSR count). The van der Waals surface area contributed by atoms with Gasteiger partial charge < -0.3 is 9.47 Å². The van der Waals surface area contributed by atoms with Gasteiger partial charge in [0, 0.05) is 38.4 Å². The van der Waals surface area contributed by atoms with Crippen LogP contribution in [0.4, 0.5) is 4.39 Å². The predicted molar refractivity (Wildman–Crippen MR) is 87.8 cm³/mol. The summed E-state index contributed by atoms with van der Waals surface area (Å²) in [5.74, 6) is -0.422. The third-order valence-corrected chi connectivity index (χ3v) is 4.08. The molecule has 0 bridgehead atoms. The molecule has 1 aromatic carbocycles. The second-order valence-electron chi connectivity index (χ2n) is 5.59. The van der Waals surface area contributed by atoms with Gasteiger partial charge in [-0.3, -0.25) is 9.78 Å². The van der Waals surface area contributed by atoms with Crippen LogP contribution in [0.5, 0.6) is 0 Å². The van der Waals surface area contributed by atoms with Crippen LogP contribution in [0.1, 0.15) is 16.1 Å². The van der Waals surface area contributed by atoms with E-state index in [1.807, 2.05) is 18.2 Å². The third-order valence-electron chi connectivity index (χ3n) is 4.08. The highest BCUT2D eigenvalue weighted by molar-refractivity contribution is 5.98. The highest BCUT2D eigenvalue weighted by Crippen LogP contribution is 2.22. The number of carbonyl (C=O) groups excluding carboxylic acids is 1. The Labute approximate surface area is 134 Å². The van der Waals surface area contributed by atoms with Crippen molar-refractivity contribution in [1.82, 2.24) is 14.5 Å². The Bertz CT molecular complexity index is 842. The Morgan fingerprint density at radius 3 is 2.70 bits per heavy atom. The number of hydrogen-bond donors (Lipinski definition) is 0. The number of fused-ring (bicyclic) bond motifs is 1. The summed E-state index contributed by atoms with van der Waals surface area (Å²) in [7, 11) is 3.54. The quantitative estimate of drug-likeness (QED) is 0.743. The number of amides is 1. The molecular weight excluding hydrogens is 293 g/mol. The van der Waals surface area contributed by atoms with Crippen LogP contribution in [-0.4, -0.2) is 34.0 Å². The smallest absolute Gasteiger partial charge is 0.270 e. The van der Waals surface area contributed by atoms with E-state index in [9.17, 15) is 9.18 Å². The van der Waals surface area contributed by atoms with Gasteiger partial charge in [0.25, 0.3) is 5.91 Å². The van der Waals surface area contributed by atoms with E-state index in [1.54, 1.807) is 48.1 Å². The van der Waals surface area contributed by atoms with Gasteiger partial charge in [0.05, 0.1) is 5.52 Å². The monoisotopic (exact) mass is 311 g/mol. The van der Waals surface area contributed by atoms with Gasteiger partial charge in [0.2, 0.25) is 0 Å². The normalized spacial score (nSPS) is 10.9. The van der Waals surface area contributed by atoms with Gasteiger partial charge in [0.15, 0.2) is 0 Å². The van der Waals surface area contributed by atoms with E-state index in [0.717, 1.165) is 17.5 Å². The molecule has 0 unspecified atom stereocenters. The average Bonchev–Trinajstić information content (AvgIpc) is 2.91. The lowest BCUT2D eigenvalue weighted by atomic mass is 10.2. The summed E-state index contributed by atoms with van der Waals surface area (Å²) in [6.07, 6.45) is 4.23. The summed E-state index contributed by atoms with van der Waals surface area (Å²) < 4.78 is 15.6. The molecule has 0 radical (unpaired) electrons. The molecule has 0 saturated carbocycles. The van der Waals surface area contributed by atoms with Crippen molar-refractivity contribution in [3.8, 4) is 0 Å². The summed E-state index contributed by atoms with van der Waals surface area (Å²) in [6.45, 7) is 0.590. The molecule has 0 aliphatic carbocycles. The van der Waals surface area contributed by atoms with Crippen LogP contribution < -0.4 is 0 Å². The summed E-state index contributed by atoms with van der Waals surface area (Å²) in [5.41, 5.74) is 2.33. The summed E-state index contributed by atoms with van der Waals surface area (Å²) in [5, 5.41) is 0.473. The second-order valence-corrected chi connectivity index (χ2v) is 5.59. The number of aromatic nitrogens is 2. The third kappa shape index (κ3) is 2.95. The van der Waals surface area contributed by atoms with Gasteiger partial charge in [-0.2, -0.15) is 0 Å². The van der Waals surface area contributed by atoms with E-state index in [2.05, 4.69) is 4.98 Å². The summed E-state index contributed by atoms with van der Waals surface area (Å²) >= 11 is 0. The van der Waals surface area contributed by atoms with E-state index < -0.39 is 0 Å². The zero-order valence-electron chi connectivity index (χ0n) is 13.2. The molecule has 0 saturated heterocycles. The minimum atomic E-state index is -0.309. The van der Waals surface area contributed by atoms with Crippen LogP contribution in [0, 0.1) is 5.82 Å². The van der Waals surface area contributed by atoms with E-state index in [4.69, 9.17) is 0 Å². The first-order valence-corrected chi connectivity index (χ1v) is 7.46. The molecule has 0 fully saturated rings. The van der Waals surface area contributed by atoms with E-state index >= 15 is 0 Å². The molecule has 4 nitrogen and oxygen atoms in total. The number of aryl methyl sites for hydroxylation is 1. The first kappa shape index (κ1) is 15.2. The molecule has 2 aromatic heterocycles. The van der Waals surface area contributed by atoms with Crippen LogP contribution in [0.25, 0.3) is 10.9 Å². The zero-order valence-corrected chi connectivity index (χ0v) is 13.2. The van der Waals surface area contributed by atoms with Gasteiger partial charge in [-0.25, -0.2) is 4.39 Å². The second kappa shape index (κ2) is 6.20. The first-order chi connectivity index (χ1) is 11.1. The van der Waals surface area contributed by atoms with Crippen molar-refractivity contribution in [1.29, 1.82) is 0 Å². The number of hydrogen-bond acceptors (Lipinski definition) is 2. The minimum Gasteiger partial charge on any atom is -0.340 e. The van der Waals surface area contributed by atoms with Crippen LogP contribution in [0.3, 0.4) is 0 Å². The molecule has 0 aliphatic heterocycles. The molecule has 1 amide bonds. The van der Waals surface area contributed by atoms with Crippen LogP contribution in [0.15, 0.2) is 48.8 Å². The summed E-state index contributed by atoms with van der Waals surface area (Å²) in [4.78, 5) is 18.3. The molecule has 118 valence electrons. The number of benzene rings is 1. The fourth-order valence-corrected chi connectivity index (χ4v) is 2.67. The van der Waals surface area contributed by atoms with Crippen LogP contribution in [-0.2, 0) is 13.5 Å². The number of halogens is 1. The highest BCUT2D eigenvalue weighted by Gasteiger charge is 2.18. The molecule has 0 aliphatic rings. The van der Waals surface area contributed by atoms with Crippen LogP contribution >= 0.6 is 0 Å². The number of likely N-dealkylation sites (N-methyl/N-ethyl adjacent to an activating group) is 1. The fourth-order valence-electron chi connectivity index (χ4n) is 2.67. The number of carbonyl (C=O) groups is 1. The van der Waals surface area contributed by atoms with Crippen molar-refractivity contribution in [2.24, 2.45) is 7.05 Å². The Morgan fingerprint density at radius 2 is 2.00 bits per heavy atom. The lowest BCUT2D eigenvalue weighted by Crippen LogP contribution is -2.30. The highest BCUT2D eigenvalue weighted by atomic mass is 19.1. The van der Waals surface area contributed by atoms with Crippen molar-refractivity contribution in [2.75, 3.05) is 13.6 Å². The van der Waals surface area contributed by atoms with Crippen molar-refractivity contribution < 1.29 is 9.18 Å². The maximum absolute atomic E-state index is 13.9. The molecular formula is C18H18FN3O. The number of nitrogens with zero attached hydrogens (tertiary/aromatic N) is 3. The van der Waals surface area contributed by atoms with Gasteiger partial charge in [-0.05, 0) is 42.3 Å². The maximum atomic E-state index is 13.9. The molecule has 5 heteroatoms. The van der Waals surface area contributed by atoms with Crippen molar-refractivity contribution >= 4 is 16.8 Å². The molecule has 0 N–H and O–H groups in total. The minimum absolute atomic E-state index is 0.114. The Balaban J connectivity index is 1.80. The zero-order chi connectivity index (χ0) is 16.4.